The number of nitrogens with zero attached hydrogens (tertiary/aromatic N) is 2. The summed E-state index contributed by atoms with van der Waals surface area (Å²) in [4.78, 5) is 5.92. The Hall–Kier alpha value is -2.61. The highest BCUT2D eigenvalue weighted by Crippen LogP contribution is 2.34. The van der Waals surface area contributed by atoms with Gasteiger partial charge in [-0.15, -0.1) is 0 Å². The van der Waals surface area contributed by atoms with Crippen LogP contribution in [0.25, 0.3) is 11.4 Å². The number of hydrogen-bond acceptors (Lipinski definition) is 6. The van der Waals surface area contributed by atoms with Crippen molar-refractivity contribution >= 4 is 10.0 Å². The molecule has 2 aromatic rings. The number of halogens is 6. The quantitative estimate of drug-likeness (QED) is 0.686. The Kier molecular flexibility index (Phi) is 6.27. The summed E-state index contributed by atoms with van der Waals surface area (Å²) in [6, 6.07) is 6.10. The van der Waals surface area contributed by atoms with E-state index in [0.29, 0.717) is 5.56 Å². The Morgan fingerprint density at radius 3 is 1.76 bits per heavy atom. The van der Waals surface area contributed by atoms with E-state index in [-0.39, 0.29) is 5.56 Å². The summed E-state index contributed by atoms with van der Waals surface area (Å²) in [6.07, 6.45) is -9.78. The third-order valence-electron chi connectivity index (χ3n) is 3.22. The minimum Gasteiger partial charge on any atom is -0.467 e. The van der Waals surface area contributed by atoms with Gasteiger partial charge in [0.25, 0.3) is 0 Å². The number of alkyl halides is 6. The van der Waals surface area contributed by atoms with E-state index >= 15 is 0 Å². The van der Waals surface area contributed by atoms with Crippen LogP contribution in [-0.2, 0) is 10.0 Å². The molecule has 14 heteroatoms. The number of hydrogen-bond donors (Lipinski definition) is 1. The molecule has 0 unspecified atom stereocenters. The minimum absolute atomic E-state index is 0.196. The molecule has 0 radical (unpaired) electrons. The van der Waals surface area contributed by atoms with Gasteiger partial charge in [0.1, 0.15) is 0 Å². The number of rotatable bonds is 6. The highest BCUT2D eigenvalue weighted by atomic mass is 32.2. The molecule has 2 N–H and O–H groups in total. The zero-order valence-corrected chi connectivity index (χ0v) is 15.3. The van der Waals surface area contributed by atoms with Gasteiger partial charge in [-0.2, -0.15) is 36.3 Å². The molecule has 0 atom stereocenters. The van der Waals surface area contributed by atoms with Gasteiger partial charge in [0.2, 0.25) is 26.7 Å². The lowest BCUT2D eigenvalue weighted by molar-refractivity contribution is -0.155. The highest BCUT2D eigenvalue weighted by Gasteiger charge is 2.35. The van der Waals surface area contributed by atoms with E-state index in [0.717, 1.165) is 0 Å². The SMILES string of the molecule is Cc1ccccc1-c1nc(OCC(F)(F)F)c(S(N)(=O)=O)c(OCC(F)(F)F)n1. The molecule has 0 amide bonds. The topological polar surface area (TPSA) is 104 Å². The van der Waals surface area contributed by atoms with Crippen molar-refractivity contribution in [1.29, 1.82) is 0 Å². The third-order valence-corrected chi connectivity index (χ3v) is 4.14. The first-order valence-corrected chi connectivity index (χ1v) is 9.12. The summed E-state index contributed by atoms with van der Waals surface area (Å²) >= 11 is 0. The highest BCUT2D eigenvalue weighted by molar-refractivity contribution is 7.89. The van der Waals surface area contributed by atoms with Gasteiger partial charge in [-0.05, 0) is 12.5 Å². The summed E-state index contributed by atoms with van der Waals surface area (Å²) in [6.45, 7) is -2.38. The van der Waals surface area contributed by atoms with Crippen LogP contribution in [0.2, 0.25) is 0 Å². The van der Waals surface area contributed by atoms with Crippen molar-refractivity contribution in [1.82, 2.24) is 9.97 Å². The van der Waals surface area contributed by atoms with Crippen molar-refractivity contribution in [2.75, 3.05) is 13.2 Å². The third kappa shape index (κ3) is 6.45. The first-order valence-electron chi connectivity index (χ1n) is 7.57. The van der Waals surface area contributed by atoms with E-state index in [1.807, 2.05) is 0 Å². The van der Waals surface area contributed by atoms with Crippen molar-refractivity contribution in [3.8, 4) is 23.1 Å². The fraction of sp³-hybridized carbons (Fsp3) is 0.333. The van der Waals surface area contributed by atoms with Crippen molar-refractivity contribution in [2.24, 2.45) is 5.14 Å². The van der Waals surface area contributed by atoms with E-state index in [2.05, 4.69) is 19.4 Å². The van der Waals surface area contributed by atoms with Crippen molar-refractivity contribution in [3.05, 3.63) is 29.8 Å². The van der Waals surface area contributed by atoms with E-state index < -0.39 is 58.1 Å². The van der Waals surface area contributed by atoms with Crippen molar-refractivity contribution in [2.45, 2.75) is 24.2 Å². The lowest BCUT2D eigenvalue weighted by Crippen LogP contribution is -2.25. The number of aryl methyl sites for hydroxylation is 1. The Bertz CT molecular complexity index is 953. The lowest BCUT2D eigenvalue weighted by Gasteiger charge is -2.17. The van der Waals surface area contributed by atoms with Crippen LogP contribution in [0, 0.1) is 6.92 Å². The van der Waals surface area contributed by atoms with Crippen molar-refractivity contribution in [3.63, 3.8) is 0 Å². The molecule has 0 saturated heterocycles. The van der Waals surface area contributed by atoms with Crippen LogP contribution in [0.1, 0.15) is 5.56 Å². The molecule has 0 aliphatic heterocycles. The molecule has 29 heavy (non-hydrogen) atoms. The normalized spacial score (nSPS) is 12.7. The van der Waals surface area contributed by atoms with Crippen LogP contribution in [0.4, 0.5) is 26.3 Å². The molecule has 0 bridgehead atoms. The standard InChI is InChI=1S/C15H13F6N3O4S/c1-8-4-2-3-5-9(8)11-23-12(27-6-14(16,17)18)10(29(22,25)26)13(24-11)28-7-15(19,20)21/h2-5H,6-7H2,1H3,(H2,22,25,26). The Morgan fingerprint density at radius 2 is 1.38 bits per heavy atom. The van der Waals surface area contributed by atoms with Crippen molar-refractivity contribution < 1.29 is 44.2 Å². The van der Waals surface area contributed by atoms with Gasteiger partial charge < -0.3 is 9.47 Å². The number of ether oxygens (including phenoxy) is 2. The summed E-state index contributed by atoms with van der Waals surface area (Å²) < 4.78 is 108. The number of benzene rings is 1. The monoisotopic (exact) mass is 445 g/mol. The zero-order valence-electron chi connectivity index (χ0n) is 14.5. The number of primary sulfonamides is 1. The summed E-state index contributed by atoms with van der Waals surface area (Å²) in [5.41, 5.74) is 0.696. The fourth-order valence-corrected chi connectivity index (χ4v) is 2.79. The second kappa shape index (κ2) is 8.02. The smallest absolute Gasteiger partial charge is 0.422 e. The largest absolute Gasteiger partial charge is 0.467 e. The number of nitrogens with two attached hydrogens (primary N) is 1. The van der Waals surface area contributed by atoms with Gasteiger partial charge in [-0.3, -0.25) is 0 Å². The molecule has 0 saturated carbocycles. The fourth-order valence-electron chi connectivity index (χ4n) is 2.09. The first-order chi connectivity index (χ1) is 13.2. The molecule has 160 valence electrons. The predicted molar refractivity (Wildman–Crippen MR) is 86.7 cm³/mol. The molecule has 1 heterocycles. The second-order valence-electron chi connectivity index (χ2n) is 5.65. The molecule has 0 aliphatic rings. The number of sulfonamides is 1. The van der Waals surface area contributed by atoms with Gasteiger partial charge >= 0.3 is 12.4 Å². The average molecular weight is 445 g/mol. The van der Waals surface area contributed by atoms with Gasteiger partial charge in [-0.25, -0.2) is 13.6 Å². The Balaban J connectivity index is 2.70. The molecule has 0 aliphatic carbocycles. The molecular formula is C15H13F6N3O4S. The van der Waals surface area contributed by atoms with E-state index in [9.17, 15) is 34.8 Å². The molecule has 0 fully saturated rings. The van der Waals surface area contributed by atoms with Crippen LogP contribution in [0.5, 0.6) is 11.8 Å². The van der Waals surface area contributed by atoms with Crippen LogP contribution in [0.3, 0.4) is 0 Å². The molecule has 2 rings (SSSR count). The van der Waals surface area contributed by atoms with Gasteiger partial charge in [0.15, 0.2) is 19.0 Å². The Morgan fingerprint density at radius 1 is 0.931 bits per heavy atom. The first kappa shape index (κ1) is 22.7. The summed E-state index contributed by atoms with van der Waals surface area (Å²) in [5.74, 6) is -2.78. The van der Waals surface area contributed by atoms with Crippen LogP contribution in [0.15, 0.2) is 29.2 Å². The van der Waals surface area contributed by atoms with E-state index in [1.165, 1.54) is 12.1 Å². The van der Waals surface area contributed by atoms with Crippen LogP contribution < -0.4 is 14.6 Å². The molecule has 1 aromatic heterocycles. The van der Waals surface area contributed by atoms with Crippen LogP contribution >= 0.6 is 0 Å². The zero-order chi connectivity index (χ0) is 22.0. The summed E-state index contributed by atoms with van der Waals surface area (Å²) in [5, 5.41) is 4.93. The van der Waals surface area contributed by atoms with Crippen LogP contribution in [-0.4, -0.2) is 44.0 Å². The predicted octanol–water partition coefficient (Wildman–Crippen LogP) is 2.98. The Labute approximate surface area is 160 Å². The maximum absolute atomic E-state index is 12.5. The molecular weight excluding hydrogens is 432 g/mol. The minimum atomic E-state index is -4.92. The maximum atomic E-state index is 12.5. The summed E-state index contributed by atoms with van der Waals surface area (Å²) in [7, 11) is -4.92. The van der Waals surface area contributed by atoms with Gasteiger partial charge in [0, 0.05) is 5.56 Å². The van der Waals surface area contributed by atoms with E-state index in [1.54, 1.807) is 19.1 Å². The second-order valence-corrected chi connectivity index (χ2v) is 7.15. The average Bonchev–Trinajstić information content (AvgIpc) is 2.55. The van der Waals surface area contributed by atoms with E-state index in [4.69, 9.17) is 5.14 Å². The maximum Gasteiger partial charge on any atom is 0.422 e. The molecule has 0 spiro atoms. The molecule has 1 aromatic carbocycles. The lowest BCUT2D eigenvalue weighted by atomic mass is 10.1. The van der Waals surface area contributed by atoms with Gasteiger partial charge in [-0.1, -0.05) is 24.3 Å². The number of aromatic nitrogens is 2. The van der Waals surface area contributed by atoms with Gasteiger partial charge in [0.05, 0.1) is 0 Å². The molecule has 7 nitrogen and oxygen atoms in total.